The Morgan fingerprint density at radius 2 is 1.96 bits per heavy atom. The molecule has 1 aromatic heterocycles. The fourth-order valence-corrected chi connectivity index (χ4v) is 4.18. The van der Waals surface area contributed by atoms with Crippen LogP contribution in [-0.4, -0.2) is 28.0 Å². The van der Waals surface area contributed by atoms with Crippen LogP contribution in [0.3, 0.4) is 0 Å². The Bertz CT molecular complexity index is 729. The Labute approximate surface area is 146 Å². The highest BCUT2D eigenvalue weighted by Crippen LogP contribution is 2.24. The molecule has 3 rings (SSSR count). The van der Waals surface area contributed by atoms with Gasteiger partial charge in [-0.25, -0.2) is 0 Å². The van der Waals surface area contributed by atoms with Crippen LogP contribution in [0.4, 0.5) is 0 Å². The van der Waals surface area contributed by atoms with E-state index in [0.717, 1.165) is 42.8 Å². The van der Waals surface area contributed by atoms with Gasteiger partial charge in [0.15, 0.2) is 0 Å². The summed E-state index contributed by atoms with van der Waals surface area (Å²) in [5.74, 6) is 0.0708. The predicted octanol–water partition coefficient (Wildman–Crippen LogP) is 3.23. The van der Waals surface area contributed by atoms with Crippen LogP contribution in [0.25, 0.3) is 0 Å². The van der Waals surface area contributed by atoms with Crippen molar-refractivity contribution in [1.29, 1.82) is 0 Å². The van der Waals surface area contributed by atoms with Gasteiger partial charge >= 0.3 is 4.87 Å². The SMILES string of the molecule is Cc1csc(=O)n1CC(=O)N(CCc1ccccc1)C1CCCC1. The summed E-state index contributed by atoms with van der Waals surface area (Å²) in [6.45, 7) is 2.78. The van der Waals surface area contributed by atoms with Crippen LogP contribution in [-0.2, 0) is 17.8 Å². The molecular weight excluding hydrogens is 320 g/mol. The number of thiazole rings is 1. The number of aryl methyl sites for hydroxylation is 1. The topological polar surface area (TPSA) is 42.3 Å². The first-order chi connectivity index (χ1) is 11.6. The molecule has 1 saturated carbocycles. The summed E-state index contributed by atoms with van der Waals surface area (Å²) in [6, 6.07) is 10.6. The number of benzene rings is 1. The quantitative estimate of drug-likeness (QED) is 0.807. The molecule has 0 saturated heterocycles. The first-order valence-corrected chi connectivity index (χ1v) is 9.51. The highest BCUT2D eigenvalue weighted by molar-refractivity contribution is 7.07. The van der Waals surface area contributed by atoms with Crippen LogP contribution in [0.15, 0.2) is 40.5 Å². The van der Waals surface area contributed by atoms with E-state index in [2.05, 4.69) is 12.1 Å². The van der Waals surface area contributed by atoms with Crippen molar-refractivity contribution in [2.45, 2.75) is 51.6 Å². The summed E-state index contributed by atoms with van der Waals surface area (Å²) in [4.78, 5) is 26.8. The van der Waals surface area contributed by atoms with E-state index >= 15 is 0 Å². The molecule has 2 aromatic rings. The molecule has 1 fully saturated rings. The third-order valence-electron chi connectivity index (χ3n) is 4.84. The molecule has 128 valence electrons. The molecule has 0 spiro atoms. The monoisotopic (exact) mass is 344 g/mol. The third-order valence-corrected chi connectivity index (χ3v) is 5.72. The van der Waals surface area contributed by atoms with Gasteiger partial charge < -0.3 is 4.90 Å². The van der Waals surface area contributed by atoms with Gasteiger partial charge in [-0.3, -0.25) is 14.2 Å². The number of aromatic nitrogens is 1. The minimum Gasteiger partial charge on any atom is -0.338 e. The van der Waals surface area contributed by atoms with E-state index in [1.165, 1.54) is 18.4 Å². The molecule has 0 aliphatic heterocycles. The van der Waals surface area contributed by atoms with E-state index in [9.17, 15) is 9.59 Å². The van der Waals surface area contributed by atoms with Gasteiger partial charge in [-0.15, -0.1) is 0 Å². The van der Waals surface area contributed by atoms with Crippen LogP contribution in [0, 0.1) is 6.92 Å². The van der Waals surface area contributed by atoms with Gasteiger partial charge in [0, 0.05) is 23.7 Å². The molecule has 0 unspecified atom stereocenters. The fraction of sp³-hybridized carbons (Fsp3) is 0.474. The molecule has 0 N–H and O–H groups in total. The molecule has 1 aliphatic rings. The van der Waals surface area contributed by atoms with Gasteiger partial charge in [0.05, 0.1) is 0 Å². The lowest BCUT2D eigenvalue weighted by Crippen LogP contribution is -2.43. The van der Waals surface area contributed by atoms with Crippen molar-refractivity contribution in [2.24, 2.45) is 0 Å². The summed E-state index contributed by atoms with van der Waals surface area (Å²) < 4.78 is 1.59. The molecule has 1 aromatic carbocycles. The molecule has 0 radical (unpaired) electrons. The summed E-state index contributed by atoms with van der Waals surface area (Å²) in [5, 5.41) is 1.82. The van der Waals surface area contributed by atoms with Crippen molar-refractivity contribution in [3.8, 4) is 0 Å². The van der Waals surface area contributed by atoms with Crippen molar-refractivity contribution in [1.82, 2.24) is 9.47 Å². The van der Waals surface area contributed by atoms with E-state index in [0.29, 0.717) is 6.04 Å². The van der Waals surface area contributed by atoms with Crippen molar-refractivity contribution in [3.05, 3.63) is 56.6 Å². The third kappa shape index (κ3) is 3.96. The number of hydrogen-bond donors (Lipinski definition) is 0. The number of rotatable bonds is 6. The minimum atomic E-state index is -0.0460. The lowest BCUT2D eigenvalue weighted by atomic mass is 10.1. The molecule has 0 atom stereocenters. The van der Waals surface area contributed by atoms with Crippen LogP contribution < -0.4 is 4.87 Å². The van der Waals surface area contributed by atoms with E-state index in [-0.39, 0.29) is 17.3 Å². The molecule has 0 bridgehead atoms. The maximum absolute atomic E-state index is 12.9. The second-order valence-electron chi connectivity index (χ2n) is 6.49. The summed E-state index contributed by atoms with van der Waals surface area (Å²) in [5.41, 5.74) is 2.12. The number of hydrogen-bond acceptors (Lipinski definition) is 3. The normalized spacial score (nSPS) is 14.9. The summed E-state index contributed by atoms with van der Waals surface area (Å²) >= 11 is 1.16. The Hall–Kier alpha value is -1.88. The second kappa shape index (κ2) is 7.79. The second-order valence-corrected chi connectivity index (χ2v) is 7.31. The molecule has 4 nitrogen and oxygen atoms in total. The van der Waals surface area contributed by atoms with Crippen molar-refractivity contribution >= 4 is 17.2 Å². The maximum Gasteiger partial charge on any atom is 0.307 e. The van der Waals surface area contributed by atoms with Crippen molar-refractivity contribution < 1.29 is 4.79 Å². The van der Waals surface area contributed by atoms with Crippen molar-refractivity contribution in [3.63, 3.8) is 0 Å². The number of carbonyl (C=O) groups excluding carboxylic acids is 1. The summed E-state index contributed by atoms with van der Waals surface area (Å²) in [6.07, 6.45) is 5.41. The molecular formula is C19H24N2O2S. The summed E-state index contributed by atoms with van der Waals surface area (Å²) in [7, 11) is 0. The lowest BCUT2D eigenvalue weighted by molar-refractivity contribution is -0.134. The highest BCUT2D eigenvalue weighted by Gasteiger charge is 2.27. The number of nitrogens with zero attached hydrogens (tertiary/aromatic N) is 2. The molecule has 5 heteroatoms. The van der Waals surface area contributed by atoms with Gasteiger partial charge in [0.2, 0.25) is 5.91 Å². The van der Waals surface area contributed by atoms with E-state index in [1.54, 1.807) is 4.57 Å². The zero-order valence-electron chi connectivity index (χ0n) is 14.1. The first-order valence-electron chi connectivity index (χ1n) is 8.63. The average molecular weight is 344 g/mol. The largest absolute Gasteiger partial charge is 0.338 e. The van der Waals surface area contributed by atoms with Gasteiger partial charge in [-0.1, -0.05) is 54.5 Å². The Morgan fingerprint density at radius 3 is 2.58 bits per heavy atom. The Balaban J connectivity index is 1.71. The van der Waals surface area contributed by atoms with Crippen LogP contribution in [0.2, 0.25) is 0 Å². The fourth-order valence-electron chi connectivity index (χ4n) is 3.44. The lowest BCUT2D eigenvalue weighted by Gasteiger charge is -2.29. The molecule has 1 aliphatic carbocycles. The van der Waals surface area contributed by atoms with Gasteiger partial charge in [0.25, 0.3) is 0 Å². The zero-order valence-corrected chi connectivity index (χ0v) is 14.9. The number of carbonyl (C=O) groups is 1. The maximum atomic E-state index is 12.9. The number of amides is 1. The predicted molar refractivity (Wildman–Crippen MR) is 97.4 cm³/mol. The Kier molecular flexibility index (Phi) is 5.51. The highest BCUT2D eigenvalue weighted by atomic mass is 32.1. The van der Waals surface area contributed by atoms with Crippen LogP contribution in [0.1, 0.15) is 36.9 Å². The average Bonchev–Trinajstić information content (AvgIpc) is 3.22. The molecule has 1 heterocycles. The van der Waals surface area contributed by atoms with E-state index in [4.69, 9.17) is 0 Å². The van der Waals surface area contributed by atoms with Crippen LogP contribution >= 0.6 is 11.3 Å². The standard InChI is InChI=1S/C19H24N2O2S/c1-15-14-24-19(23)21(15)13-18(22)20(17-9-5-6-10-17)12-11-16-7-3-2-4-8-16/h2-4,7-8,14,17H,5-6,9-13H2,1H3. The molecule has 1 amide bonds. The van der Waals surface area contributed by atoms with E-state index in [1.807, 2.05) is 35.4 Å². The van der Waals surface area contributed by atoms with Crippen molar-refractivity contribution in [2.75, 3.05) is 6.54 Å². The Morgan fingerprint density at radius 1 is 1.25 bits per heavy atom. The van der Waals surface area contributed by atoms with E-state index < -0.39 is 0 Å². The zero-order chi connectivity index (χ0) is 16.9. The molecule has 24 heavy (non-hydrogen) atoms. The van der Waals surface area contributed by atoms with Crippen LogP contribution in [0.5, 0.6) is 0 Å². The van der Waals surface area contributed by atoms with Gasteiger partial charge in [-0.05, 0) is 31.7 Å². The van der Waals surface area contributed by atoms with Gasteiger partial charge in [0.1, 0.15) is 6.54 Å². The first kappa shape index (κ1) is 17.0. The minimum absolute atomic E-state index is 0.0460. The smallest absolute Gasteiger partial charge is 0.307 e. The van der Waals surface area contributed by atoms with Gasteiger partial charge in [-0.2, -0.15) is 0 Å².